The van der Waals surface area contributed by atoms with E-state index in [0.717, 1.165) is 45.2 Å². The molecule has 1 fully saturated rings. The summed E-state index contributed by atoms with van der Waals surface area (Å²) in [5.74, 6) is 0.420. The van der Waals surface area contributed by atoms with Gasteiger partial charge in [0.2, 0.25) is 5.95 Å². The Hall–Kier alpha value is -4.68. The molecule has 208 valence electrons. The second kappa shape index (κ2) is 11.2. The molecular weight excluding hydrogens is 527 g/mol. The van der Waals surface area contributed by atoms with Crippen LogP contribution in [0.1, 0.15) is 35.2 Å². The number of piperidine rings is 1. The molecule has 1 aliphatic rings. The van der Waals surface area contributed by atoms with Crippen molar-refractivity contribution < 1.29 is 27.4 Å². The Morgan fingerprint density at radius 1 is 0.950 bits per heavy atom. The molecule has 0 radical (unpaired) electrons. The summed E-state index contributed by atoms with van der Waals surface area (Å²) in [6.45, 7) is 1.73. The van der Waals surface area contributed by atoms with Crippen LogP contribution in [0.25, 0.3) is 11.0 Å². The first-order chi connectivity index (χ1) is 19.3. The Balaban J connectivity index is 1.43. The van der Waals surface area contributed by atoms with Gasteiger partial charge in [0.15, 0.2) is 5.82 Å². The predicted octanol–water partition coefficient (Wildman–Crippen LogP) is 5.44. The minimum Gasteiger partial charge on any atom is -0.496 e. The van der Waals surface area contributed by atoms with Crippen molar-refractivity contribution >= 4 is 40.1 Å². The third-order valence-electron chi connectivity index (χ3n) is 6.48. The Morgan fingerprint density at radius 2 is 1.70 bits per heavy atom. The first-order valence-corrected chi connectivity index (χ1v) is 12.5. The van der Waals surface area contributed by atoms with Gasteiger partial charge in [0, 0.05) is 24.3 Å². The number of carbonyl (C=O) groups is 1. The minimum absolute atomic E-state index is 0.0350. The van der Waals surface area contributed by atoms with E-state index >= 15 is 0 Å². The summed E-state index contributed by atoms with van der Waals surface area (Å²) in [6.07, 6.45) is 1.67. The smallest absolute Gasteiger partial charge is 0.420 e. The highest BCUT2D eigenvalue weighted by Crippen LogP contribution is 2.38. The van der Waals surface area contributed by atoms with E-state index in [0.29, 0.717) is 34.2 Å². The average molecular weight is 554 g/mol. The number of hydrogen-bond donors (Lipinski definition) is 2. The molecular formula is C27H26F3N7O3. The van der Waals surface area contributed by atoms with Crippen LogP contribution in [0.3, 0.4) is 0 Å². The summed E-state index contributed by atoms with van der Waals surface area (Å²) in [5.41, 5.74) is 0.575. The number of fused-ring (bicyclic) bond motifs is 1. The summed E-state index contributed by atoms with van der Waals surface area (Å²) in [5, 5.41) is 5.68. The van der Waals surface area contributed by atoms with E-state index in [1.54, 1.807) is 12.3 Å². The SMILES string of the molecule is COc1ccc(C(=O)Nc2ccc(OC)c(C(F)(F)F)c2)cc1Nc1ncnc2cnc(N3CCCCC3)nc12. The van der Waals surface area contributed by atoms with Crippen LogP contribution >= 0.6 is 0 Å². The molecule has 1 aliphatic heterocycles. The van der Waals surface area contributed by atoms with E-state index in [9.17, 15) is 18.0 Å². The van der Waals surface area contributed by atoms with Crippen molar-refractivity contribution in [3.8, 4) is 11.5 Å². The molecule has 1 saturated heterocycles. The fraction of sp³-hybridized carbons (Fsp3) is 0.296. The zero-order valence-electron chi connectivity index (χ0n) is 21.7. The lowest BCUT2D eigenvalue weighted by Gasteiger charge is -2.26. The third kappa shape index (κ3) is 5.67. The van der Waals surface area contributed by atoms with Gasteiger partial charge in [0.05, 0.1) is 31.7 Å². The molecule has 40 heavy (non-hydrogen) atoms. The monoisotopic (exact) mass is 553 g/mol. The van der Waals surface area contributed by atoms with E-state index in [2.05, 4.69) is 30.5 Å². The molecule has 3 heterocycles. The van der Waals surface area contributed by atoms with Crippen LogP contribution in [-0.4, -0.2) is 53.2 Å². The summed E-state index contributed by atoms with van der Waals surface area (Å²) in [6, 6.07) is 7.91. The molecule has 0 saturated carbocycles. The lowest BCUT2D eigenvalue weighted by Crippen LogP contribution is -2.31. The molecule has 5 rings (SSSR count). The maximum absolute atomic E-state index is 13.4. The molecule has 2 aromatic heterocycles. The number of methoxy groups -OCH3 is 2. The third-order valence-corrected chi connectivity index (χ3v) is 6.48. The standard InChI is InChI=1S/C27H26F3N7O3/c1-39-21-9-7-17(13-18(21)27(28,29)30)34-25(38)16-6-8-22(40-2)19(12-16)35-24-23-20(32-15-33-24)14-31-26(36-23)37-10-4-3-5-11-37/h6-9,12-15H,3-5,10-11H2,1-2H3,(H,34,38)(H,32,33,35). The number of halogens is 3. The van der Waals surface area contributed by atoms with E-state index in [1.165, 1.54) is 38.1 Å². The van der Waals surface area contributed by atoms with Gasteiger partial charge >= 0.3 is 6.18 Å². The van der Waals surface area contributed by atoms with Gasteiger partial charge in [-0.15, -0.1) is 0 Å². The quantitative estimate of drug-likeness (QED) is 0.309. The number of nitrogens with zero attached hydrogens (tertiary/aromatic N) is 5. The number of rotatable bonds is 7. The van der Waals surface area contributed by atoms with E-state index in [-0.39, 0.29) is 17.0 Å². The summed E-state index contributed by atoms with van der Waals surface area (Å²) >= 11 is 0. The highest BCUT2D eigenvalue weighted by Gasteiger charge is 2.34. The fourth-order valence-electron chi connectivity index (χ4n) is 4.47. The maximum Gasteiger partial charge on any atom is 0.420 e. The molecule has 2 aromatic carbocycles. The van der Waals surface area contributed by atoms with Crippen LogP contribution in [0, 0.1) is 0 Å². The Kier molecular flexibility index (Phi) is 7.54. The molecule has 0 unspecified atom stereocenters. The number of nitrogens with one attached hydrogen (secondary N) is 2. The molecule has 0 bridgehead atoms. The van der Waals surface area contributed by atoms with Gasteiger partial charge in [0.25, 0.3) is 5.91 Å². The van der Waals surface area contributed by atoms with Crippen molar-refractivity contribution in [2.75, 3.05) is 42.8 Å². The second-order valence-electron chi connectivity index (χ2n) is 9.08. The van der Waals surface area contributed by atoms with Gasteiger partial charge in [-0.3, -0.25) is 4.79 Å². The summed E-state index contributed by atoms with van der Waals surface area (Å²) in [7, 11) is 2.63. The average Bonchev–Trinajstić information content (AvgIpc) is 2.97. The topological polar surface area (TPSA) is 114 Å². The Morgan fingerprint density at radius 3 is 2.42 bits per heavy atom. The van der Waals surface area contributed by atoms with Gasteiger partial charge < -0.3 is 25.0 Å². The lowest BCUT2D eigenvalue weighted by molar-refractivity contribution is -0.138. The number of hydrogen-bond acceptors (Lipinski definition) is 9. The van der Waals surface area contributed by atoms with Gasteiger partial charge in [-0.1, -0.05) is 0 Å². The largest absolute Gasteiger partial charge is 0.496 e. The van der Waals surface area contributed by atoms with Crippen molar-refractivity contribution in [2.45, 2.75) is 25.4 Å². The number of anilines is 4. The second-order valence-corrected chi connectivity index (χ2v) is 9.08. The van der Waals surface area contributed by atoms with Crippen molar-refractivity contribution in [3.63, 3.8) is 0 Å². The Bertz CT molecular complexity index is 1540. The fourth-order valence-corrected chi connectivity index (χ4v) is 4.47. The molecule has 0 atom stereocenters. The zero-order chi connectivity index (χ0) is 28.3. The first-order valence-electron chi connectivity index (χ1n) is 12.5. The molecule has 0 aliphatic carbocycles. The number of aromatic nitrogens is 4. The van der Waals surface area contributed by atoms with Crippen LogP contribution in [0.2, 0.25) is 0 Å². The lowest BCUT2D eigenvalue weighted by atomic mass is 10.1. The highest BCUT2D eigenvalue weighted by atomic mass is 19.4. The van der Waals surface area contributed by atoms with Gasteiger partial charge in [-0.25, -0.2) is 19.9 Å². The number of amides is 1. The molecule has 10 nitrogen and oxygen atoms in total. The van der Waals surface area contributed by atoms with E-state index in [4.69, 9.17) is 14.5 Å². The maximum atomic E-state index is 13.4. The molecule has 2 N–H and O–H groups in total. The molecule has 13 heteroatoms. The van der Waals surface area contributed by atoms with E-state index < -0.39 is 17.6 Å². The van der Waals surface area contributed by atoms with Gasteiger partial charge in [-0.2, -0.15) is 13.2 Å². The summed E-state index contributed by atoms with van der Waals surface area (Å²) in [4.78, 5) is 32.9. The van der Waals surface area contributed by atoms with Crippen molar-refractivity contribution in [3.05, 3.63) is 60.0 Å². The van der Waals surface area contributed by atoms with Crippen molar-refractivity contribution in [2.24, 2.45) is 0 Å². The molecule has 4 aromatic rings. The van der Waals surface area contributed by atoms with Crippen LogP contribution < -0.4 is 25.0 Å². The molecule has 1 amide bonds. The van der Waals surface area contributed by atoms with Crippen molar-refractivity contribution in [1.29, 1.82) is 0 Å². The number of carbonyl (C=O) groups excluding carboxylic acids is 1. The highest BCUT2D eigenvalue weighted by molar-refractivity contribution is 6.05. The van der Waals surface area contributed by atoms with Gasteiger partial charge in [0.1, 0.15) is 28.9 Å². The first kappa shape index (κ1) is 26.9. The minimum atomic E-state index is -4.65. The van der Waals surface area contributed by atoms with Crippen molar-refractivity contribution in [1.82, 2.24) is 19.9 Å². The molecule has 0 spiro atoms. The van der Waals surface area contributed by atoms with E-state index in [1.807, 2.05) is 0 Å². The van der Waals surface area contributed by atoms with Crippen LogP contribution in [0.5, 0.6) is 11.5 Å². The van der Waals surface area contributed by atoms with Gasteiger partial charge in [-0.05, 0) is 55.7 Å². The number of alkyl halides is 3. The number of ether oxygens (including phenoxy) is 2. The van der Waals surface area contributed by atoms with Crippen LogP contribution in [0.15, 0.2) is 48.9 Å². The summed E-state index contributed by atoms with van der Waals surface area (Å²) < 4.78 is 50.5. The number of benzene rings is 2. The van der Waals surface area contributed by atoms with Crippen LogP contribution in [-0.2, 0) is 6.18 Å². The van der Waals surface area contributed by atoms with Crippen LogP contribution in [0.4, 0.5) is 36.3 Å². The normalized spacial score (nSPS) is 13.7. The predicted molar refractivity (Wildman–Crippen MR) is 143 cm³/mol. The zero-order valence-corrected chi connectivity index (χ0v) is 21.7. The Labute approximate surface area is 227 Å².